The molecule has 0 fully saturated rings. The maximum atomic E-state index is 13.7. The molecule has 1 N–H and O–H groups in total. The van der Waals surface area contributed by atoms with Gasteiger partial charge in [0.1, 0.15) is 17.2 Å². The summed E-state index contributed by atoms with van der Waals surface area (Å²) in [5, 5.41) is 2.46. The van der Waals surface area contributed by atoms with Crippen molar-refractivity contribution in [2.24, 2.45) is 0 Å². The summed E-state index contributed by atoms with van der Waals surface area (Å²) in [7, 11) is 0. The highest BCUT2D eigenvalue weighted by atomic mass is 79.9. The number of benzene rings is 2. The first kappa shape index (κ1) is 14.9. The molecule has 2 aromatic rings. The van der Waals surface area contributed by atoms with E-state index in [4.69, 9.17) is 11.6 Å². The minimum atomic E-state index is -0.933. The third kappa shape index (κ3) is 3.16. The van der Waals surface area contributed by atoms with E-state index in [1.54, 1.807) is 24.3 Å². The van der Waals surface area contributed by atoms with E-state index >= 15 is 0 Å². The second-order valence-electron chi connectivity index (χ2n) is 3.99. The van der Waals surface area contributed by atoms with Crippen LogP contribution in [0.25, 0.3) is 0 Å². The number of rotatable bonds is 3. The highest BCUT2D eigenvalue weighted by Gasteiger charge is 2.19. The molecule has 0 unspecified atom stereocenters. The molecule has 0 saturated heterocycles. The van der Waals surface area contributed by atoms with E-state index in [9.17, 15) is 13.6 Å². The molecule has 0 aliphatic carbocycles. The lowest BCUT2D eigenvalue weighted by molar-refractivity contribution is 0.101. The molecular weight excluding hydrogens is 352 g/mol. The molecule has 0 radical (unpaired) electrons. The minimum absolute atomic E-state index is 0.182. The van der Waals surface area contributed by atoms with Gasteiger partial charge in [-0.05, 0) is 23.8 Å². The molecule has 0 heterocycles. The molecule has 0 aliphatic rings. The molecule has 0 saturated carbocycles. The summed E-state index contributed by atoms with van der Waals surface area (Å²) in [4.78, 5) is 12.0. The van der Waals surface area contributed by atoms with Gasteiger partial charge in [0.25, 0.3) is 5.91 Å². The van der Waals surface area contributed by atoms with Crippen LogP contribution in [0, 0.1) is 11.6 Å². The van der Waals surface area contributed by atoms with E-state index in [0.717, 1.165) is 12.1 Å². The summed E-state index contributed by atoms with van der Waals surface area (Å²) in [6.07, 6.45) is 0. The summed E-state index contributed by atoms with van der Waals surface area (Å²) in [6, 6.07) is 8.85. The standard InChI is InChI=1S/C14H9BrClF2NO/c15-9-5-10(17)13(11(18)6-9)14(20)19-12-4-2-1-3-8(12)7-16/h1-6H,7H2,(H,19,20). The number of nitrogens with one attached hydrogen (secondary N) is 1. The molecule has 0 bridgehead atoms. The molecular formula is C14H9BrClF2NO. The molecule has 1 amide bonds. The fraction of sp³-hybridized carbons (Fsp3) is 0.0714. The number of halogens is 4. The molecule has 2 nitrogen and oxygen atoms in total. The Kier molecular flexibility index (Phi) is 4.73. The van der Waals surface area contributed by atoms with Crippen LogP contribution in [-0.4, -0.2) is 5.91 Å². The van der Waals surface area contributed by atoms with Crippen molar-refractivity contribution in [1.82, 2.24) is 0 Å². The first-order valence-electron chi connectivity index (χ1n) is 5.62. The van der Waals surface area contributed by atoms with E-state index in [0.29, 0.717) is 11.3 Å². The lowest BCUT2D eigenvalue weighted by Crippen LogP contribution is -2.16. The van der Waals surface area contributed by atoms with E-state index in [2.05, 4.69) is 21.2 Å². The van der Waals surface area contributed by atoms with Gasteiger partial charge in [0.15, 0.2) is 0 Å². The van der Waals surface area contributed by atoms with Crippen LogP contribution >= 0.6 is 27.5 Å². The van der Waals surface area contributed by atoms with Crippen LogP contribution < -0.4 is 5.32 Å². The molecule has 2 aromatic carbocycles. The largest absolute Gasteiger partial charge is 0.322 e. The number of alkyl halides is 1. The summed E-state index contributed by atoms with van der Waals surface area (Å²) in [5.41, 5.74) is 0.465. The average Bonchev–Trinajstić information content (AvgIpc) is 2.38. The number of hydrogen-bond acceptors (Lipinski definition) is 1. The third-order valence-electron chi connectivity index (χ3n) is 2.64. The lowest BCUT2D eigenvalue weighted by Gasteiger charge is -2.10. The summed E-state index contributed by atoms with van der Waals surface area (Å²) >= 11 is 8.70. The number of anilines is 1. The fourth-order valence-corrected chi connectivity index (χ4v) is 2.34. The molecule has 0 aromatic heterocycles. The highest BCUT2D eigenvalue weighted by molar-refractivity contribution is 9.10. The van der Waals surface area contributed by atoms with Crippen molar-refractivity contribution in [2.45, 2.75) is 5.88 Å². The average molecular weight is 361 g/mol. The Morgan fingerprint density at radius 1 is 1.20 bits per heavy atom. The van der Waals surface area contributed by atoms with Crippen LogP contribution in [-0.2, 0) is 5.88 Å². The van der Waals surface area contributed by atoms with Crippen molar-refractivity contribution in [3.05, 3.63) is 63.6 Å². The first-order valence-corrected chi connectivity index (χ1v) is 6.95. The van der Waals surface area contributed by atoms with Crippen molar-refractivity contribution in [2.75, 3.05) is 5.32 Å². The van der Waals surface area contributed by atoms with Gasteiger partial charge in [0, 0.05) is 16.0 Å². The van der Waals surface area contributed by atoms with Crippen LogP contribution in [0.5, 0.6) is 0 Å². The van der Waals surface area contributed by atoms with Gasteiger partial charge in [0.05, 0.1) is 0 Å². The zero-order valence-electron chi connectivity index (χ0n) is 10.1. The van der Waals surface area contributed by atoms with Crippen LogP contribution in [0.3, 0.4) is 0 Å². The summed E-state index contributed by atoms with van der Waals surface area (Å²) < 4.78 is 27.6. The van der Waals surface area contributed by atoms with E-state index in [-0.39, 0.29) is 10.4 Å². The van der Waals surface area contributed by atoms with Crippen LogP contribution in [0.4, 0.5) is 14.5 Å². The number of carbonyl (C=O) groups excluding carboxylic acids is 1. The first-order chi connectivity index (χ1) is 9.52. The minimum Gasteiger partial charge on any atom is -0.322 e. The topological polar surface area (TPSA) is 29.1 Å². The number of hydrogen-bond donors (Lipinski definition) is 1. The smallest absolute Gasteiger partial charge is 0.261 e. The van der Waals surface area contributed by atoms with Gasteiger partial charge >= 0.3 is 0 Å². The van der Waals surface area contributed by atoms with Gasteiger partial charge < -0.3 is 5.32 Å². The number of amides is 1. The molecule has 104 valence electrons. The third-order valence-corrected chi connectivity index (χ3v) is 3.39. The van der Waals surface area contributed by atoms with Gasteiger partial charge in [-0.2, -0.15) is 0 Å². The fourth-order valence-electron chi connectivity index (χ4n) is 1.70. The van der Waals surface area contributed by atoms with Gasteiger partial charge in [0.2, 0.25) is 0 Å². The number of para-hydroxylation sites is 1. The highest BCUT2D eigenvalue weighted by Crippen LogP contribution is 2.22. The van der Waals surface area contributed by atoms with Crippen LogP contribution in [0.15, 0.2) is 40.9 Å². The van der Waals surface area contributed by atoms with Gasteiger partial charge in [-0.1, -0.05) is 34.1 Å². The zero-order valence-corrected chi connectivity index (χ0v) is 12.4. The number of carbonyl (C=O) groups is 1. The van der Waals surface area contributed by atoms with Crippen molar-refractivity contribution >= 4 is 39.1 Å². The van der Waals surface area contributed by atoms with Gasteiger partial charge in [-0.25, -0.2) is 8.78 Å². The van der Waals surface area contributed by atoms with Crippen molar-refractivity contribution < 1.29 is 13.6 Å². The predicted molar refractivity (Wildman–Crippen MR) is 78.0 cm³/mol. The monoisotopic (exact) mass is 359 g/mol. The second-order valence-corrected chi connectivity index (χ2v) is 5.17. The van der Waals surface area contributed by atoms with E-state index in [1.165, 1.54) is 0 Å². The Morgan fingerprint density at radius 3 is 2.40 bits per heavy atom. The maximum absolute atomic E-state index is 13.7. The van der Waals surface area contributed by atoms with E-state index < -0.39 is 23.1 Å². The SMILES string of the molecule is O=C(Nc1ccccc1CCl)c1c(F)cc(Br)cc1F. The predicted octanol–water partition coefficient (Wildman–Crippen LogP) is 4.72. The maximum Gasteiger partial charge on any atom is 0.261 e. The normalized spacial score (nSPS) is 10.4. The Labute approximate surface area is 127 Å². The second kappa shape index (κ2) is 6.33. The molecule has 0 spiro atoms. The van der Waals surface area contributed by atoms with Crippen molar-refractivity contribution in [3.63, 3.8) is 0 Å². The molecule has 0 aliphatic heterocycles. The lowest BCUT2D eigenvalue weighted by atomic mass is 10.1. The molecule has 6 heteroatoms. The Bertz CT molecular complexity index is 640. The molecule has 20 heavy (non-hydrogen) atoms. The Morgan fingerprint density at radius 2 is 1.80 bits per heavy atom. The quantitative estimate of drug-likeness (QED) is 0.789. The van der Waals surface area contributed by atoms with E-state index in [1.807, 2.05) is 0 Å². The summed E-state index contributed by atoms with van der Waals surface area (Å²) in [6.45, 7) is 0. The van der Waals surface area contributed by atoms with Crippen LogP contribution in [0.2, 0.25) is 0 Å². The van der Waals surface area contributed by atoms with Crippen molar-refractivity contribution in [3.8, 4) is 0 Å². The molecule has 0 atom stereocenters. The molecule has 2 rings (SSSR count). The van der Waals surface area contributed by atoms with Crippen molar-refractivity contribution in [1.29, 1.82) is 0 Å². The summed E-state index contributed by atoms with van der Waals surface area (Å²) in [5.74, 6) is -2.54. The van der Waals surface area contributed by atoms with Gasteiger partial charge in [-0.3, -0.25) is 4.79 Å². The van der Waals surface area contributed by atoms with Gasteiger partial charge in [-0.15, -0.1) is 11.6 Å². The van der Waals surface area contributed by atoms with Crippen LogP contribution in [0.1, 0.15) is 15.9 Å². The zero-order chi connectivity index (χ0) is 14.7. The Hall–Kier alpha value is -1.46. The Balaban J connectivity index is 2.34.